The third-order valence-corrected chi connectivity index (χ3v) is 6.43. The smallest absolute Gasteiger partial charge is 0.273 e. The Bertz CT molecular complexity index is 708. The van der Waals surface area contributed by atoms with Gasteiger partial charge in [0.25, 0.3) is 5.91 Å². The van der Waals surface area contributed by atoms with E-state index in [1.165, 1.54) is 29.7 Å². The fourth-order valence-electron chi connectivity index (χ4n) is 4.16. The van der Waals surface area contributed by atoms with E-state index in [-0.39, 0.29) is 5.91 Å². The van der Waals surface area contributed by atoms with Gasteiger partial charge in [-0.2, -0.15) is 5.10 Å². The molecule has 0 aliphatic carbocycles. The van der Waals surface area contributed by atoms with Crippen molar-refractivity contribution in [2.24, 2.45) is 12.5 Å². The first-order valence-corrected chi connectivity index (χ1v) is 9.95. The molecule has 7 heteroatoms. The van der Waals surface area contributed by atoms with Crippen LogP contribution >= 0.6 is 11.3 Å². The maximum absolute atomic E-state index is 12.4. The van der Waals surface area contributed by atoms with Crippen LogP contribution in [-0.2, 0) is 13.6 Å². The van der Waals surface area contributed by atoms with Gasteiger partial charge in [0.15, 0.2) is 0 Å². The summed E-state index contributed by atoms with van der Waals surface area (Å²) in [6, 6.07) is 0. The van der Waals surface area contributed by atoms with Gasteiger partial charge in [-0.05, 0) is 44.2 Å². The topological polar surface area (TPSA) is 54.3 Å². The molecule has 134 valence electrons. The summed E-state index contributed by atoms with van der Waals surface area (Å²) in [5, 5.41) is 6.11. The summed E-state index contributed by atoms with van der Waals surface area (Å²) in [4.78, 5) is 21.1. The highest BCUT2D eigenvalue weighted by Gasteiger charge is 2.38. The predicted octanol–water partition coefficient (Wildman–Crippen LogP) is 2.40. The second-order valence-electron chi connectivity index (χ2n) is 7.46. The summed E-state index contributed by atoms with van der Waals surface area (Å²) >= 11 is 1.49. The first-order chi connectivity index (χ1) is 12.1. The minimum atomic E-state index is 0.102. The Morgan fingerprint density at radius 1 is 1.20 bits per heavy atom. The van der Waals surface area contributed by atoms with Crippen LogP contribution in [0.5, 0.6) is 0 Å². The van der Waals surface area contributed by atoms with Gasteiger partial charge in [-0.25, -0.2) is 4.98 Å². The van der Waals surface area contributed by atoms with Crippen molar-refractivity contribution in [1.82, 2.24) is 24.6 Å². The molecule has 0 bridgehead atoms. The molecule has 0 atom stereocenters. The second-order valence-corrected chi connectivity index (χ2v) is 8.18. The van der Waals surface area contributed by atoms with E-state index in [1.54, 1.807) is 5.51 Å². The fraction of sp³-hybridized carbons (Fsp3) is 0.611. The largest absolute Gasteiger partial charge is 0.337 e. The van der Waals surface area contributed by atoms with Gasteiger partial charge in [0, 0.05) is 43.8 Å². The second kappa shape index (κ2) is 6.88. The zero-order chi connectivity index (χ0) is 17.3. The Hall–Kier alpha value is -1.73. The van der Waals surface area contributed by atoms with Crippen LogP contribution in [0.4, 0.5) is 0 Å². The number of nitrogens with zero attached hydrogens (tertiary/aromatic N) is 5. The first-order valence-electron chi connectivity index (χ1n) is 9.01. The Morgan fingerprint density at radius 3 is 2.52 bits per heavy atom. The Labute approximate surface area is 152 Å². The third-order valence-electron chi connectivity index (χ3n) is 5.84. The Kier molecular flexibility index (Phi) is 4.60. The molecule has 2 saturated heterocycles. The molecule has 6 nitrogen and oxygen atoms in total. The summed E-state index contributed by atoms with van der Waals surface area (Å²) in [5.41, 5.74) is 4.07. The fourth-order valence-corrected chi connectivity index (χ4v) is 4.69. The first kappa shape index (κ1) is 16.7. The normalized spacial score (nSPS) is 20.9. The number of aromatic nitrogens is 3. The number of carbonyl (C=O) groups is 1. The van der Waals surface area contributed by atoms with Gasteiger partial charge in [0.1, 0.15) is 5.69 Å². The van der Waals surface area contributed by atoms with E-state index >= 15 is 0 Å². The van der Waals surface area contributed by atoms with Crippen LogP contribution in [0.3, 0.4) is 0 Å². The average Bonchev–Trinajstić information content (AvgIpc) is 3.29. The van der Waals surface area contributed by atoms with Gasteiger partial charge in [-0.3, -0.25) is 14.4 Å². The molecule has 2 aromatic rings. The van der Waals surface area contributed by atoms with Crippen LogP contribution < -0.4 is 0 Å². The number of thiazole rings is 1. The number of hydrogen-bond donors (Lipinski definition) is 0. The number of amides is 1. The van der Waals surface area contributed by atoms with Crippen molar-refractivity contribution >= 4 is 17.2 Å². The van der Waals surface area contributed by atoms with E-state index < -0.39 is 0 Å². The molecule has 25 heavy (non-hydrogen) atoms. The third kappa shape index (κ3) is 3.62. The SMILES string of the molecule is Cn1cc(CN2CCC3(CC2)CCN(C(=O)c2cscn2)CC3)cn1. The monoisotopic (exact) mass is 359 g/mol. The van der Waals surface area contributed by atoms with Gasteiger partial charge in [0.2, 0.25) is 0 Å². The molecule has 0 aromatic carbocycles. The van der Waals surface area contributed by atoms with Crippen LogP contribution in [0.25, 0.3) is 0 Å². The lowest BCUT2D eigenvalue weighted by Gasteiger charge is -2.46. The van der Waals surface area contributed by atoms with Crippen molar-refractivity contribution in [3.05, 3.63) is 34.5 Å². The van der Waals surface area contributed by atoms with Gasteiger partial charge in [0.05, 0.1) is 11.7 Å². The van der Waals surface area contributed by atoms with E-state index in [1.807, 2.05) is 28.2 Å². The molecule has 0 N–H and O–H groups in total. The van der Waals surface area contributed by atoms with Crippen molar-refractivity contribution < 1.29 is 4.79 Å². The number of piperidine rings is 2. The summed E-state index contributed by atoms with van der Waals surface area (Å²) in [6.45, 7) is 5.04. The molecular formula is C18H25N5OS. The molecule has 0 saturated carbocycles. The van der Waals surface area contributed by atoms with E-state index in [4.69, 9.17) is 0 Å². The highest BCUT2D eigenvalue weighted by Crippen LogP contribution is 2.41. The molecule has 4 heterocycles. The molecule has 2 aliphatic heterocycles. The van der Waals surface area contributed by atoms with Crippen molar-refractivity contribution in [3.8, 4) is 0 Å². The van der Waals surface area contributed by atoms with E-state index in [9.17, 15) is 4.79 Å². The molecule has 0 radical (unpaired) electrons. The van der Waals surface area contributed by atoms with Crippen LogP contribution in [0, 0.1) is 5.41 Å². The minimum Gasteiger partial charge on any atom is -0.337 e. The zero-order valence-corrected chi connectivity index (χ0v) is 15.5. The van der Waals surface area contributed by atoms with Crippen molar-refractivity contribution in [3.63, 3.8) is 0 Å². The number of rotatable bonds is 3. The number of carbonyl (C=O) groups excluding carboxylic acids is 1. The Balaban J connectivity index is 1.28. The van der Waals surface area contributed by atoms with Gasteiger partial charge in [-0.1, -0.05) is 0 Å². The van der Waals surface area contributed by atoms with E-state index in [0.29, 0.717) is 11.1 Å². The van der Waals surface area contributed by atoms with Gasteiger partial charge < -0.3 is 4.90 Å². The molecule has 2 fully saturated rings. The quantitative estimate of drug-likeness (QED) is 0.844. The van der Waals surface area contributed by atoms with Crippen LogP contribution in [0.2, 0.25) is 0 Å². The highest BCUT2D eigenvalue weighted by molar-refractivity contribution is 7.07. The lowest BCUT2D eigenvalue weighted by atomic mass is 9.71. The highest BCUT2D eigenvalue weighted by atomic mass is 32.1. The predicted molar refractivity (Wildman–Crippen MR) is 97.4 cm³/mol. The molecule has 1 amide bonds. The van der Waals surface area contributed by atoms with E-state index in [0.717, 1.165) is 45.6 Å². The molecule has 1 spiro atoms. The minimum absolute atomic E-state index is 0.102. The molecule has 0 unspecified atom stereocenters. The number of likely N-dealkylation sites (tertiary alicyclic amines) is 2. The average molecular weight is 359 g/mol. The molecule has 2 aliphatic rings. The van der Waals surface area contributed by atoms with Gasteiger partial charge >= 0.3 is 0 Å². The van der Waals surface area contributed by atoms with Crippen LogP contribution in [0.15, 0.2) is 23.3 Å². The lowest BCUT2D eigenvalue weighted by Crippen LogP contribution is -2.48. The standard InChI is InChI=1S/C18H25N5OS/c1-21-11-15(10-20-21)12-22-6-2-18(3-7-22)4-8-23(9-5-18)17(24)16-13-25-14-19-16/h10-11,13-14H,2-9,12H2,1H3. The van der Waals surface area contributed by atoms with Crippen molar-refractivity contribution in [2.75, 3.05) is 26.2 Å². The number of aryl methyl sites for hydroxylation is 1. The summed E-state index contributed by atoms with van der Waals surface area (Å²) in [6.07, 6.45) is 8.81. The lowest BCUT2D eigenvalue weighted by molar-refractivity contribution is 0.0282. The van der Waals surface area contributed by atoms with Crippen molar-refractivity contribution in [2.45, 2.75) is 32.2 Å². The number of hydrogen-bond acceptors (Lipinski definition) is 5. The molecule has 4 rings (SSSR count). The summed E-state index contributed by atoms with van der Waals surface area (Å²) < 4.78 is 1.87. The van der Waals surface area contributed by atoms with Crippen molar-refractivity contribution in [1.29, 1.82) is 0 Å². The van der Waals surface area contributed by atoms with Gasteiger partial charge in [-0.15, -0.1) is 11.3 Å². The maximum atomic E-state index is 12.4. The summed E-state index contributed by atoms with van der Waals surface area (Å²) in [5.74, 6) is 0.102. The molecule has 2 aromatic heterocycles. The maximum Gasteiger partial charge on any atom is 0.273 e. The van der Waals surface area contributed by atoms with Crippen LogP contribution in [0.1, 0.15) is 41.7 Å². The molecular weight excluding hydrogens is 334 g/mol. The van der Waals surface area contributed by atoms with Crippen LogP contribution in [-0.4, -0.2) is 56.7 Å². The zero-order valence-electron chi connectivity index (χ0n) is 14.7. The summed E-state index contributed by atoms with van der Waals surface area (Å²) in [7, 11) is 1.97. The van der Waals surface area contributed by atoms with E-state index in [2.05, 4.69) is 21.2 Å². The Morgan fingerprint density at radius 2 is 1.92 bits per heavy atom.